The molecule has 3 atom stereocenters. The van der Waals surface area contributed by atoms with Gasteiger partial charge in [0.2, 0.25) is 5.91 Å². The van der Waals surface area contributed by atoms with Crippen molar-refractivity contribution in [1.29, 1.82) is 0 Å². The number of aliphatic hydroxyl groups excluding tert-OH is 1. The third-order valence-corrected chi connectivity index (χ3v) is 4.52. The van der Waals surface area contributed by atoms with Crippen molar-refractivity contribution in [1.82, 2.24) is 0 Å². The highest BCUT2D eigenvalue weighted by Crippen LogP contribution is 2.25. The van der Waals surface area contributed by atoms with E-state index in [-0.39, 0.29) is 12.0 Å². The normalized spacial score (nSPS) is 21.4. The van der Waals surface area contributed by atoms with Crippen molar-refractivity contribution in [3.63, 3.8) is 0 Å². The zero-order chi connectivity index (χ0) is 17.6. The van der Waals surface area contributed by atoms with Crippen molar-refractivity contribution >= 4 is 11.6 Å². The van der Waals surface area contributed by atoms with Crippen LogP contribution in [0, 0.1) is 0 Å². The minimum atomic E-state index is -0.713. The molecule has 2 aromatic rings. The number of nitrogens with two attached hydrogens (primary N) is 1. The molecule has 1 aliphatic rings. The van der Waals surface area contributed by atoms with Crippen molar-refractivity contribution < 1.29 is 14.6 Å². The van der Waals surface area contributed by atoms with Gasteiger partial charge in [0.15, 0.2) is 0 Å². The maximum atomic E-state index is 12.3. The number of anilines is 1. The van der Waals surface area contributed by atoms with E-state index in [0.717, 1.165) is 31.2 Å². The molecule has 0 aliphatic heterocycles. The molecule has 25 heavy (non-hydrogen) atoms. The van der Waals surface area contributed by atoms with Crippen molar-refractivity contribution in [3.05, 3.63) is 60.2 Å². The monoisotopic (exact) mass is 340 g/mol. The predicted molar refractivity (Wildman–Crippen MR) is 97.3 cm³/mol. The van der Waals surface area contributed by atoms with Gasteiger partial charge < -0.3 is 20.9 Å². The van der Waals surface area contributed by atoms with Gasteiger partial charge in [0, 0.05) is 5.69 Å². The molecule has 1 aliphatic carbocycles. The SMILES string of the molecule is NC(C(=O)Nc1ccc(OC2CCCCC2O)cc1)c1ccccc1. The minimum absolute atomic E-state index is 0.152. The van der Waals surface area contributed by atoms with Crippen LogP contribution in [0.1, 0.15) is 37.3 Å². The van der Waals surface area contributed by atoms with Gasteiger partial charge in [0.05, 0.1) is 6.10 Å². The molecule has 0 radical (unpaired) electrons. The van der Waals surface area contributed by atoms with Gasteiger partial charge in [-0.3, -0.25) is 4.79 Å². The van der Waals surface area contributed by atoms with Gasteiger partial charge in [-0.05, 0) is 49.1 Å². The van der Waals surface area contributed by atoms with Gasteiger partial charge in [0.1, 0.15) is 17.9 Å². The van der Waals surface area contributed by atoms with Crippen LogP contribution in [0.25, 0.3) is 0 Å². The molecule has 0 heterocycles. The predicted octanol–water partition coefficient (Wildman–Crippen LogP) is 3.01. The first kappa shape index (κ1) is 17.5. The van der Waals surface area contributed by atoms with Crippen LogP contribution in [0.15, 0.2) is 54.6 Å². The van der Waals surface area contributed by atoms with Crippen LogP contribution >= 0.6 is 0 Å². The summed E-state index contributed by atoms with van der Waals surface area (Å²) in [7, 11) is 0. The van der Waals surface area contributed by atoms with E-state index in [4.69, 9.17) is 10.5 Å². The highest BCUT2D eigenvalue weighted by Gasteiger charge is 2.24. The first-order valence-corrected chi connectivity index (χ1v) is 8.69. The van der Waals surface area contributed by atoms with E-state index in [1.807, 2.05) is 30.3 Å². The number of nitrogens with one attached hydrogen (secondary N) is 1. The average Bonchev–Trinajstić information content (AvgIpc) is 2.65. The first-order chi connectivity index (χ1) is 12.1. The molecular weight excluding hydrogens is 316 g/mol. The Labute approximate surface area is 147 Å². The number of carbonyl (C=O) groups excluding carboxylic acids is 1. The molecule has 0 aromatic heterocycles. The lowest BCUT2D eigenvalue weighted by molar-refractivity contribution is -0.117. The molecule has 5 nitrogen and oxygen atoms in total. The van der Waals surface area contributed by atoms with Gasteiger partial charge in [0.25, 0.3) is 0 Å². The second-order valence-electron chi connectivity index (χ2n) is 6.41. The van der Waals surface area contributed by atoms with Gasteiger partial charge in [-0.2, -0.15) is 0 Å². The molecule has 4 N–H and O–H groups in total. The quantitative estimate of drug-likeness (QED) is 0.781. The first-order valence-electron chi connectivity index (χ1n) is 8.69. The lowest BCUT2D eigenvalue weighted by Gasteiger charge is -2.28. The second-order valence-corrected chi connectivity index (χ2v) is 6.41. The Kier molecular flexibility index (Phi) is 5.68. The lowest BCUT2D eigenvalue weighted by Crippen LogP contribution is -2.34. The van der Waals surface area contributed by atoms with Crippen molar-refractivity contribution in [2.24, 2.45) is 5.73 Å². The molecule has 1 fully saturated rings. The van der Waals surface area contributed by atoms with Crippen LogP contribution in [-0.4, -0.2) is 23.2 Å². The molecule has 2 aromatic carbocycles. The third kappa shape index (κ3) is 4.59. The molecule has 1 amide bonds. The van der Waals surface area contributed by atoms with E-state index in [1.165, 1.54) is 0 Å². The number of aliphatic hydroxyl groups is 1. The number of hydrogen-bond donors (Lipinski definition) is 3. The third-order valence-electron chi connectivity index (χ3n) is 4.52. The number of amides is 1. The molecule has 0 bridgehead atoms. The smallest absolute Gasteiger partial charge is 0.245 e. The van der Waals surface area contributed by atoms with Gasteiger partial charge in [-0.25, -0.2) is 0 Å². The maximum Gasteiger partial charge on any atom is 0.245 e. The van der Waals surface area contributed by atoms with Gasteiger partial charge in [-0.1, -0.05) is 36.8 Å². The fraction of sp³-hybridized carbons (Fsp3) is 0.350. The minimum Gasteiger partial charge on any atom is -0.488 e. The molecule has 1 saturated carbocycles. The second kappa shape index (κ2) is 8.14. The van der Waals surface area contributed by atoms with Crippen LogP contribution in [0.5, 0.6) is 5.75 Å². The van der Waals surface area contributed by atoms with E-state index < -0.39 is 12.1 Å². The van der Waals surface area contributed by atoms with E-state index in [0.29, 0.717) is 11.4 Å². The number of hydrogen-bond acceptors (Lipinski definition) is 4. The van der Waals surface area contributed by atoms with Crippen LogP contribution in [0.2, 0.25) is 0 Å². The summed E-state index contributed by atoms with van der Waals surface area (Å²) in [4.78, 5) is 12.3. The molecule has 0 spiro atoms. The Balaban J connectivity index is 1.58. The van der Waals surface area contributed by atoms with Crippen LogP contribution < -0.4 is 15.8 Å². The molecular formula is C20H24N2O3. The zero-order valence-electron chi connectivity index (χ0n) is 14.1. The fourth-order valence-corrected chi connectivity index (χ4v) is 3.04. The number of benzene rings is 2. The highest BCUT2D eigenvalue weighted by molar-refractivity contribution is 5.95. The van der Waals surface area contributed by atoms with E-state index in [9.17, 15) is 9.90 Å². The van der Waals surface area contributed by atoms with Crippen molar-refractivity contribution in [3.8, 4) is 5.75 Å². The Hall–Kier alpha value is -2.37. The maximum absolute atomic E-state index is 12.3. The highest BCUT2D eigenvalue weighted by atomic mass is 16.5. The molecule has 3 unspecified atom stereocenters. The lowest BCUT2D eigenvalue weighted by atomic mass is 9.95. The largest absolute Gasteiger partial charge is 0.488 e. The van der Waals surface area contributed by atoms with Gasteiger partial charge >= 0.3 is 0 Å². The molecule has 132 valence electrons. The van der Waals surface area contributed by atoms with Crippen LogP contribution in [0.3, 0.4) is 0 Å². The number of rotatable bonds is 5. The summed E-state index contributed by atoms with van der Waals surface area (Å²) in [5.74, 6) is 0.430. The summed E-state index contributed by atoms with van der Waals surface area (Å²) >= 11 is 0. The van der Waals surface area contributed by atoms with Gasteiger partial charge in [-0.15, -0.1) is 0 Å². The van der Waals surface area contributed by atoms with Crippen molar-refractivity contribution in [2.75, 3.05) is 5.32 Å². The van der Waals surface area contributed by atoms with Crippen LogP contribution in [-0.2, 0) is 4.79 Å². The fourth-order valence-electron chi connectivity index (χ4n) is 3.04. The summed E-state index contributed by atoms with van der Waals surface area (Å²) in [6, 6.07) is 15.7. The Bertz CT molecular complexity index is 688. The standard InChI is InChI=1S/C20H24N2O3/c21-19(14-6-2-1-3-7-14)20(24)22-15-10-12-16(13-11-15)25-18-9-5-4-8-17(18)23/h1-3,6-7,10-13,17-19,23H,4-5,8-9,21H2,(H,22,24). The summed E-state index contributed by atoms with van der Waals surface area (Å²) in [5.41, 5.74) is 7.42. The Morgan fingerprint density at radius 3 is 2.44 bits per heavy atom. The summed E-state index contributed by atoms with van der Waals surface area (Å²) in [5, 5.41) is 12.8. The average molecular weight is 340 g/mol. The van der Waals surface area contributed by atoms with Crippen LogP contribution in [0.4, 0.5) is 5.69 Å². The molecule has 0 saturated heterocycles. The number of ether oxygens (including phenoxy) is 1. The summed E-state index contributed by atoms with van der Waals surface area (Å²) in [6.45, 7) is 0. The summed E-state index contributed by atoms with van der Waals surface area (Å²) < 4.78 is 5.86. The van der Waals surface area contributed by atoms with Crippen molar-refractivity contribution in [2.45, 2.75) is 43.9 Å². The molecule has 5 heteroatoms. The van der Waals surface area contributed by atoms with E-state index >= 15 is 0 Å². The number of carbonyl (C=O) groups is 1. The van der Waals surface area contributed by atoms with E-state index in [2.05, 4.69) is 5.32 Å². The van der Waals surface area contributed by atoms with E-state index in [1.54, 1.807) is 24.3 Å². The zero-order valence-corrected chi connectivity index (χ0v) is 14.1. The Morgan fingerprint density at radius 1 is 1.08 bits per heavy atom. The summed E-state index contributed by atoms with van der Waals surface area (Å²) in [6.07, 6.45) is 3.22. The molecule has 3 rings (SSSR count). The Morgan fingerprint density at radius 2 is 1.76 bits per heavy atom. The topological polar surface area (TPSA) is 84.6 Å².